The number of benzene rings is 4. The molecule has 5 nitrogen and oxygen atoms in total. The van der Waals surface area contributed by atoms with Crippen molar-refractivity contribution in [2.75, 3.05) is 12.0 Å². The van der Waals surface area contributed by atoms with Crippen LogP contribution in [0, 0.1) is 12.3 Å². The van der Waals surface area contributed by atoms with Crippen LogP contribution < -0.4 is 9.64 Å². The standard InChI is InChI=1S/C35H26ClNO4/c1-20-10-16-28-22(18-20)13-17-29-35(33(39)26-8-3-4-9-27(26)34(35)40)30(21-11-14-24(36)15-12-21)31(37(28)29)32(38)23-6-5-7-25(19-23)41-2/h3-19,29-31H,1-2H3/t29-,30-,31-/m0/s1. The molecule has 3 atom stereocenters. The summed E-state index contributed by atoms with van der Waals surface area (Å²) in [6.45, 7) is 2.02. The average Bonchev–Trinajstić information content (AvgIpc) is 3.43. The molecule has 0 unspecified atom stereocenters. The Hall–Kier alpha value is -4.48. The lowest BCUT2D eigenvalue weighted by atomic mass is 9.64. The first kappa shape index (κ1) is 25.5. The normalized spacial score (nSPS) is 21.5. The summed E-state index contributed by atoms with van der Waals surface area (Å²) in [6.07, 6.45) is 3.91. The largest absolute Gasteiger partial charge is 0.497 e. The number of anilines is 1. The molecule has 41 heavy (non-hydrogen) atoms. The molecule has 0 N–H and O–H groups in total. The molecule has 0 bridgehead atoms. The summed E-state index contributed by atoms with van der Waals surface area (Å²) in [5.74, 6) is -0.932. The fourth-order valence-corrected chi connectivity index (χ4v) is 7.21. The number of aryl methyl sites for hydroxylation is 1. The summed E-state index contributed by atoms with van der Waals surface area (Å²) in [6, 6.07) is 25.7. The first-order valence-corrected chi connectivity index (χ1v) is 13.9. The van der Waals surface area contributed by atoms with Gasteiger partial charge in [0.1, 0.15) is 17.2 Å². The fraction of sp³-hybridized carbons (Fsp3) is 0.171. The molecule has 0 saturated carbocycles. The molecule has 2 heterocycles. The van der Waals surface area contributed by atoms with Gasteiger partial charge in [-0.1, -0.05) is 83.9 Å². The lowest BCUT2D eigenvalue weighted by Crippen LogP contribution is -2.48. The third kappa shape index (κ3) is 3.52. The van der Waals surface area contributed by atoms with Gasteiger partial charge in [-0.3, -0.25) is 14.4 Å². The molecule has 6 heteroatoms. The van der Waals surface area contributed by atoms with E-state index in [-0.39, 0.29) is 17.3 Å². The van der Waals surface area contributed by atoms with Gasteiger partial charge in [0, 0.05) is 33.3 Å². The van der Waals surface area contributed by atoms with Gasteiger partial charge in [-0.25, -0.2) is 0 Å². The number of ketones is 3. The van der Waals surface area contributed by atoms with Crippen molar-refractivity contribution in [3.8, 4) is 5.75 Å². The minimum Gasteiger partial charge on any atom is -0.497 e. The first-order chi connectivity index (χ1) is 19.9. The number of halogens is 1. The van der Waals surface area contributed by atoms with E-state index in [2.05, 4.69) is 6.07 Å². The second kappa shape index (κ2) is 9.28. The monoisotopic (exact) mass is 559 g/mol. The van der Waals surface area contributed by atoms with E-state index in [9.17, 15) is 14.4 Å². The molecule has 202 valence electrons. The van der Waals surface area contributed by atoms with Crippen molar-refractivity contribution < 1.29 is 19.1 Å². The Morgan fingerprint density at radius 3 is 2.27 bits per heavy atom. The SMILES string of the molecule is COc1cccc(C(=O)[C@@H]2[C@H](c3ccc(Cl)cc3)C3(C(=O)c4ccccc4C3=O)[C@@H]3C=Cc4cc(C)ccc4N23)c1. The number of fused-ring (bicyclic) bond motifs is 5. The van der Waals surface area contributed by atoms with Gasteiger partial charge in [0.15, 0.2) is 17.3 Å². The highest BCUT2D eigenvalue weighted by molar-refractivity contribution is 6.32. The molecule has 7 rings (SSSR count). The predicted molar refractivity (Wildman–Crippen MR) is 159 cm³/mol. The van der Waals surface area contributed by atoms with Crippen molar-refractivity contribution in [1.82, 2.24) is 0 Å². The Morgan fingerprint density at radius 2 is 1.59 bits per heavy atom. The zero-order valence-electron chi connectivity index (χ0n) is 22.5. The maximum Gasteiger partial charge on any atom is 0.186 e. The van der Waals surface area contributed by atoms with Gasteiger partial charge in [-0.05, 0) is 54.4 Å². The Balaban J connectivity index is 1.54. The Morgan fingerprint density at radius 1 is 0.878 bits per heavy atom. The molecule has 3 aliphatic rings. The summed E-state index contributed by atoms with van der Waals surface area (Å²) in [5.41, 5.74) is 3.23. The first-order valence-electron chi connectivity index (χ1n) is 13.6. The second-order valence-corrected chi connectivity index (χ2v) is 11.4. The quantitative estimate of drug-likeness (QED) is 0.199. The van der Waals surface area contributed by atoms with Crippen molar-refractivity contribution in [3.63, 3.8) is 0 Å². The van der Waals surface area contributed by atoms with Gasteiger partial charge in [-0.15, -0.1) is 0 Å². The predicted octanol–water partition coefficient (Wildman–Crippen LogP) is 6.97. The van der Waals surface area contributed by atoms with Crippen LogP contribution in [0.4, 0.5) is 5.69 Å². The zero-order chi connectivity index (χ0) is 28.5. The Bertz CT molecular complexity index is 1760. The van der Waals surface area contributed by atoms with E-state index in [4.69, 9.17) is 16.3 Å². The van der Waals surface area contributed by atoms with Gasteiger partial charge in [-0.2, -0.15) is 0 Å². The number of rotatable bonds is 4. The Kier molecular flexibility index (Phi) is 5.77. The van der Waals surface area contributed by atoms with Gasteiger partial charge in [0.25, 0.3) is 0 Å². The number of hydrogen-bond donors (Lipinski definition) is 0. The van der Waals surface area contributed by atoms with E-state index in [1.54, 1.807) is 67.8 Å². The van der Waals surface area contributed by atoms with Gasteiger partial charge in [0.05, 0.1) is 13.2 Å². The number of carbonyl (C=O) groups excluding carboxylic acids is 3. The highest BCUT2D eigenvalue weighted by Gasteiger charge is 2.71. The molecule has 4 aromatic carbocycles. The number of nitrogens with zero attached hydrogens (tertiary/aromatic N) is 1. The van der Waals surface area contributed by atoms with Crippen LogP contribution in [-0.4, -0.2) is 36.5 Å². The molecule has 0 amide bonds. The maximum absolute atomic E-state index is 14.8. The molecular formula is C35H26ClNO4. The van der Waals surface area contributed by atoms with Crippen LogP contribution in [0.3, 0.4) is 0 Å². The van der Waals surface area contributed by atoms with Gasteiger partial charge < -0.3 is 9.64 Å². The number of ether oxygens (including phenoxy) is 1. The highest BCUT2D eigenvalue weighted by atomic mass is 35.5. The molecule has 4 aromatic rings. The third-order valence-electron chi connectivity index (χ3n) is 8.81. The van der Waals surface area contributed by atoms with Crippen molar-refractivity contribution in [1.29, 1.82) is 0 Å². The van der Waals surface area contributed by atoms with E-state index >= 15 is 0 Å². The topological polar surface area (TPSA) is 63.7 Å². The molecule has 1 fully saturated rings. The van der Waals surface area contributed by atoms with Crippen LogP contribution in [0.25, 0.3) is 6.08 Å². The number of methoxy groups -OCH3 is 1. The molecule has 1 spiro atoms. The van der Waals surface area contributed by atoms with Crippen molar-refractivity contribution in [3.05, 3.63) is 135 Å². The smallest absolute Gasteiger partial charge is 0.186 e. The van der Waals surface area contributed by atoms with Crippen LogP contribution >= 0.6 is 11.6 Å². The summed E-state index contributed by atoms with van der Waals surface area (Å²) in [5, 5.41) is 0.530. The Labute approximate surface area is 243 Å². The highest BCUT2D eigenvalue weighted by Crippen LogP contribution is 2.61. The molecule has 1 aliphatic carbocycles. The van der Waals surface area contributed by atoms with Gasteiger partial charge >= 0.3 is 0 Å². The second-order valence-electron chi connectivity index (χ2n) is 10.9. The lowest BCUT2D eigenvalue weighted by molar-refractivity contribution is 0.0666. The fourth-order valence-electron chi connectivity index (χ4n) is 7.09. The number of Topliss-reactive ketones (excluding diaryl/α,β-unsaturated/α-hetero) is 3. The molecule has 2 aliphatic heterocycles. The summed E-state index contributed by atoms with van der Waals surface area (Å²) < 4.78 is 5.44. The van der Waals surface area contributed by atoms with E-state index in [1.807, 2.05) is 48.2 Å². The van der Waals surface area contributed by atoms with Crippen molar-refractivity contribution in [2.45, 2.75) is 24.9 Å². The van der Waals surface area contributed by atoms with Crippen molar-refractivity contribution >= 4 is 40.7 Å². The van der Waals surface area contributed by atoms with Crippen molar-refractivity contribution in [2.24, 2.45) is 5.41 Å². The van der Waals surface area contributed by atoms with Crippen LogP contribution in [0.1, 0.15) is 53.7 Å². The van der Waals surface area contributed by atoms with Gasteiger partial charge in [0.2, 0.25) is 0 Å². The van der Waals surface area contributed by atoms with E-state index < -0.39 is 23.4 Å². The minimum absolute atomic E-state index is 0.191. The van der Waals surface area contributed by atoms with E-state index in [1.165, 1.54) is 0 Å². The van der Waals surface area contributed by atoms with Crippen LogP contribution in [0.15, 0.2) is 97.1 Å². The molecule has 0 radical (unpaired) electrons. The summed E-state index contributed by atoms with van der Waals surface area (Å²) in [7, 11) is 1.56. The zero-order valence-corrected chi connectivity index (χ0v) is 23.3. The summed E-state index contributed by atoms with van der Waals surface area (Å²) in [4.78, 5) is 46.1. The van der Waals surface area contributed by atoms with Crippen LogP contribution in [0.5, 0.6) is 5.75 Å². The summed E-state index contributed by atoms with van der Waals surface area (Å²) >= 11 is 6.30. The minimum atomic E-state index is -1.55. The molecule has 1 saturated heterocycles. The lowest BCUT2D eigenvalue weighted by Gasteiger charge is -2.37. The van der Waals surface area contributed by atoms with Crippen LogP contribution in [0.2, 0.25) is 5.02 Å². The number of hydrogen-bond acceptors (Lipinski definition) is 5. The van der Waals surface area contributed by atoms with Crippen LogP contribution in [-0.2, 0) is 0 Å². The molecule has 0 aromatic heterocycles. The van der Waals surface area contributed by atoms with E-state index in [0.29, 0.717) is 33.0 Å². The average molecular weight is 560 g/mol. The van der Waals surface area contributed by atoms with E-state index in [0.717, 1.165) is 16.8 Å². The number of carbonyl (C=O) groups is 3. The third-order valence-corrected chi connectivity index (χ3v) is 9.06. The molecular weight excluding hydrogens is 534 g/mol. The maximum atomic E-state index is 14.8.